The normalized spacial score (nSPS) is 10.2. The molecule has 0 spiro atoms. The van der Waals surface area contributed by atoms with E-state index < -0.39 is 0 Å². The lowest BCUT2D eigenvalue weighted by Crippen LogP contribution is -1.85. The van der Waals surface area contributed by atoms with Gasteiger partial charge in [0.15, 0.2) is 0 Å². The average molecular weight is 144 g/mol. The Labute approximate surface area is 62.8 Å². The Morgan fingerprint density at radius 2 is 1.30 bits per heavy atom. The first-order valence-electron chi connectivity index (χ1n) is 3.80. The SMILES string of the molecule is CCCO/C=C\OCCC. The maximum atomic E-state index is 5.02. The lowest BCUT2D eigenvalue weighted by Gasteiger charge is -1.97. The molecule has 0 radical (unpaired) electrons. The second kappa shape index (κ2) is 8.34. The smallest absolute Gasteiger partial charge is 0.117 e. The Morgan fingerprint density at radius 1 is 0.900 bits per heavy atom. The summed E-state index contributed by atoms with van der Waals surface area (Å²) in [4.78, 5) is 0. The van der Waals surface area contributed by atoms with Crippen LogP contribution in [-0.2, 0) is 9.47 Å². The van der Waals surface area contributed by atoms with Gasteiger partial charge in [-0.2, -0.15) is 0 Å². The zero-order chi connectivity index (χ0) is 7.66. The van der Waals surface area contributed by atoms with Crippen LogP contribution in [0.25, 0.3) is 0 Å². The van der Waals surface area contributed by atoms with E-state index in [4.69, 9.17) is 9.47 Å². The van der Waals surface area contributed by atoms with Crippen molar-refractivity contribution in [2.75, 3.05) is 13.2 Å². The Hall–Kier alpha value is -0.660. The number of rotatable bonds is 6. The molecule has 0 rings (SSSR count). The Morgan fingerprint density at radius 3 is 1.60 bits per heavy atom. The molecule has 0 fully saturated rings. The highest BCUT2D eigenvalue weighted by Gasteiger charge is 1.76. The maximum absolute atomic E-state index is 5.02. The van der Waals surface area contributed by atoms with Gasteiger partial charge >= 0.3 is 0 Å². The summed E-state index contributed by atoms with van der Waals surface area (Å²) in [5.41, 5.74) is 0. The molecule has 0 bridgehead atoms. The van der Waals surface area contributed by atoms with Crippen molar-refractivity contribution in [3.8, 4) is 0 Å². The fourth-order valence-corrected chi connectivity index (χ4v) is 0.450. The summed E-state index contributed by atoms with van der Waals surface area (Å²) in [7, 11) is 0. The third-order valence-corrected chi connectivity index (χ3v) is 0.892. The molecule has 60 valence electrons. The largest absolute Gasteiger partial charge is 0.498 e. The number of hydrogen-bond donors (Lipinski definition) is 0. The third-order valence-electron chi connectivity index (χ3n) is 0.892. The Bertz CT molecular complexity index is 69.3. The summed E-state index contributed by atoms with van der Waals surface area (Å²) in [5.74, 6) is 0. The van der Waals surface area contributed by atoms with Crippen LogP contribution in [0.2, 0.25) is 0 Å². The van der Waals surface area contributed by atoms with Gasteiger partial charge in [0.25, 0.3) is 0 Å². The molecule has 0 amide bonds. The molecule has 10 heavy (non-hydrogen) atoms. The molecule has 0 aliphatic carbocycles. The molecule has 0 unspecified atom stereocenters. The quantitative estimate of drug-likeness (QED) is 0.420. The van der Waals surface area contributed by atoms with Gasteiger partial charge in [-0.1, -0.05) is 13.8 Å². The van der Waals surface area contributed by atoms with Gasteiger partial charge in [-0.05, 0) is 12.8 Å². The lowest BCUT2D eigenvalue weighted by atomic mass is 10.5. The minimum absolute atomic E-state index is 0.770. The summed E-state index contributed by atoms with van der Waals surface area (Å²) in [6, 6.07) is 0. The van der Waals surface area contributed by atoms with Crippen molar-refractivity contribution in [3.05, 3.63) is 12.5 Å². The van der Waals surface area contributed by atoms with Gasteiger partial charge in [0.1, 0.15) is 12.5 Å². The highest BCUT2D eigenvalue weighted by molar-refractivity contribution is 4.60. The second-order valence-electron chi connectivity index (χ2n) is 2.01. The molecule has 0 saturated heterocycles. The molecule has 0 aromatic rings. The highest BCUT2D eigenvalue weighted by Crippen LogP contribution is 1.84. The molecule has 0 aliphatic rings. The second-order valence-corrected chi connectivity index (χ2v) is 2.01. The van der Waals surface area contributed by atoms with Crippen molar-refractivity contribution < 1.29 is 9.47 Å². The summed E-state index contributed by atoms with van der Waals surface area (Å²) in [6.07, 6.45) is 5.27. The van der Waals surface area contributed by atoms with E-state index in [9.17, 15) is 0 Å². The van der Waals surface area contributed by atoms with Crippen molar-refractivity contribution in [2.45, 2.75) is 26.7 Å². The molecule has 0 aliphatic heterocycles. The van der Waals surface area contributed by atoms with Crippen molar-refractivity contribution in [3.63, 3.8) is 0 Å². The summed E-state index contributed by atoms with van der Waals surface area (Å²) in [5, 5.41) is 0. The molecule has 0 aromatic heterocycles. The predicted octanol–water partition coefficient (Wildman–Crippen LogP) is 2.31. The molecule has 0 N–H and O–H groups in total. The van der Waals surface area contributed by atoms with Crippen LogP contribution in [0, 0.1) is 0 Å². The first kappa shape index (κ1) is 9.34. The van der Waals surface area contributed by atoms with Gasteiger partial charge < -0.3 is 9.47 Å². The molecular formula is C8H16O2. The molecule has 0 aromatic carbocycles. The van der Waals surface area contributed by atoms with Crippen LogP contribution in [0.3, 0.4) is 0 Å². The summed E-state index contributed by atoms with van der Waals surface area (Å²) >= 11 is 0. The zero-order valence-electron chi connectivity index (χ0n) is 6.80. The monoisotopic (exact) mass is 144 g/mol. The van der Waals surface area contributed by atoms with Crippen molar-refractivity contribution in [1.82, 2.24) is 0 Å². The van der Waals surface area contributed by atoms with Crippen LogP contribution in [-0.4, -0.2) is 13.2 Å². The van der Waals surface area contributed by atoms with Crippen molar-refractivity contribution in [1.29, 1.82) is 0 Å². The number of hydrogen-bond acceptors (Lipinski definition) is 2. The van der Waals surface area contributed by atoms with E-state index in [1.54, 1.807) is 12.5 Å². The predicted molar refractivity (Wildman–Crippen MR) is 41.6 cm³/mol. The van der Waals surface area contributed by atoms with Gasteiger partial charge in [0.2, 0.25) is 0 Å². The zero-order valence-corrected chi connectivity index (χ0v) is 6.80. The molecule has 2 heteroatoms. The topological polar surface area (TPSA) is 18.5 Å². The van der Waals surface area contributed by atoms with Crippen molar-refractivity contribution >= 4 is 0 Å². The van der Waals surface area contributed by atoms with E-state index in [2.05, 4.69) is 13.8 Å². The summed E-state index contributed by atoms with van der Waals surface area (Å²) in [6.45, 7) is 5.68. The molecular weight excluding hydrogens is 128 g/mol. The first-order chi connectivity index (χ1) is 4.91. The molecule has 0 atom stereocenters. The van der Waals surface area contributed by atoms with E-state index in [1.165, 1.54) is 0 Å². The first-order valence-corrected chi connectivity index (χ1v) is 3.80. The van der Waals surface area contributed by atoms with Crippen LogP contribution < -0.4 is 0 Å². The third kappa shape index (κ3) is 7.34. The highest BCUT2D eigenvalue weighted by atomic mass is 16.5. The fraction of sp³-hybridized carbons (Fsp3) is 0.750. The van der Waals surface area contributed by atoms with E-state index in [0.717, 1.165) is 26.1 Å². The lowest BCUT2D eigenvalue weighted by molar-refractivity contribution is 0.204. The molecule has 2 nitrogen and oxygen atoms in total. The van der Waals surface area contributed by atoms with Crippen LogP contribution in [0.5, 0.6) is 0 Å². The number of ether oxygens (including phenoxy) is 2. The van der Waals surface area contributed by atoms with E-state index in [0.29, 0.717) is 0 Å². The van der Waals surface area contributed by atoms with Crippen molar-refractivity contribution in [2.24, 2.45) is 0 Å². The molecule has 0 heterocycles. The summed E-state index contributed by atoms with van der Waals surface area (Å²) < 4.78 is 10.0. The Kier molecular flexibility index (Phi) is 7.79. The van der Waals surface area contributed by atoms with E-state index >= 15 is 0 Å². The van der Waals surface area contributed by atoms with Crippen LogP contribution >= 0.6 is 0 Å². The van der Waals surface area contributed by atoms with Gasteiger partial charge in [0.05, 0.1) is 13.2 Å². The van der Waals surface area contributed by atoms with Crippen LogP contribution in [0.4, 0.5) is 0 Å². The van der Waals surface area contributed by atoms with Crippen LogP contribution in [0.1, 0.15) is 26.7 Å². The van der Waals surface area contributed by atoms with Gasteiger partial charge in [-0.25, -0.2) is 0 Å². The van der Waals surface area contributed by atoms with E-state index in [-0.39, 0.29) is 0 Å². The van der Waals surface area contributed by atoms with Gasteiger partial charge in [0, 0.05) is 0 Å². The van der Waals surface area contributed by atoms with Crippen LogP contribution in [0.15, 0.2) is 12.5 Å². The van der Waals surface area contributed by atoms with E-state index in [1.807, 2.05) is 0 Å². The fourth-order valence-electron chi connectivity index (χ4n) is 0.450. The van der Waals surface area contributed by atoms with Gasteiger partial charge in [-0.3, -0.25) is 0 Å². The maximum Gasteiger partial charge on any atom is 0.117 e. The minimum atomic E-state index is 0.770. The molecule has 0 saturated carbocycles. The average Bonchev–Trinajstić information content (AvgIpc) is 1.97. The van der Waals surface area contributed by atoms with Gasteiger partial charge in [-0.15, -0.1) is 0 Å². The standard InChI is InChI=1S/C8H16O2/c1-3-5-9-7-8-10-6-4-2/h7-8H,3-6H2,1-2H3/b8-7-. The Balaban J connectivity index is 2.89. The minimum Gasteiger partial charge on any atom is -0.498 e.